The second-order valence-electron chi connectivity index (χ2n) is 9.39. The predicted octanol–water partition coefficient (Wildman–Crippen LogP) is 3.01. The van der Waals surface area contributed by atoms with Crippen molar-refractivity contribution in [2.24, 2.45) is 11.1 Å². The molecule has 4 rings (SSSR count). The second-order valence-corrected chi connectivity index (χ2v) is 11.1. The van der Waals surface area contributed by atoms with E-state index in [1.165, 1.54) is 12.5 Å². The van der Waals surface area contributed by atoms with Gasteiger partial charge in [0.2, 0.25) is 10.0 Å². The minimum Gasteiger partial charge on any atom is -0.379 e. The van der Waals surface area contributed by atoms with Crippen LogP contribution in [0.3, 0.4) is 0 Å². The van der Waals surface area contributed by atoms with Gasteiger partial charge in [0.05, 0.1) is 29.2 Å². The lowest BCUT2D eigenvalue weighted by atomic mass is 9.74. The Morgan fingerprint density at radius 1 is 1.19 bits per heavy atom. The summed E-state index contributed by atoms with van der Waals surface area (Å²) in [4.78, 5) is 12.2. The molecule has 170 valence electrons. The molecule has 0 spiro atoms. The molecular weight excluding hydrogens is 426 g/mol. The molecule has 32 heavy (non-hydrogen) atoms. The fourth-order valence-corrected chi connectivity index (χ4v) is 5.89. The largest absolute Gasteiger partial charge is 0.379 e. The van der Waals surface area contributed by atoms with Gasteiger partial charge in [0.1, 0.15) is 0 Å². The summed E-state index contributed by atoms with van der Waals surface area (Å²) in [6.07, 6.45) is 5.95. The Hall–Kier alpha value is -2.91. The minimum absolute atomic E-state index is 0.0962. The van der Waals surface area contributed by atoms with Crippen LogP contribution in [0.4, 0.5) is 5.69 Å². The van der Waals surface area contributed by atoms with E-state index in [9.17, 15) is 13.2 Å². The number of aromatic nitrogens is 2. The number of carbonyl (C=O) groups excluding carboxylic acids is 1. The van der Waals surface area contributed by atoms with E-state index in [4.69, 9.17) is 5.73 Å². The molecule has 0 bridgehead atoms. The number of fused-ring (bicyclic) bond motifs is 1. The molecule has 1 saturated carbocycles. The number of nitrogens with one attached hydrogen (secondary N) is 2. The first-order valence-corrected chi connectivity index (χ1v) is 12.4. The SMILES string of the molecule is CC1(NS(C)(=O)=O)CCC(Nc2c(C(N)=O)cnn3cc(-c4ccccc4)cc23)C1(C)C. The summed E-state index contributed by atoms with van der Waals surface area (Å²) in [5.41, 5.74) is 8.26. The zero-order valence-corrected chi connectivity index (χ0v) is 19.5. The van der Waals surface area contributed by atoms with E-state index in [-0.39, 0.29) is 6.04 Å². The Kier molecular flexibility index (Phi) is 5.29. The first-order chi connectivity index (χ1) is 14.9. The number of nitrogens with two attached hydrogens (primary N) is 1. The van der Waals surface area contributed by atoms with Crippen molar-refractivity contribution >= 4 is 27.1 Å². The zero-order valence-electron chi connectivity index (χ0n) is 18.7. The zero-order chi connectivity index (χ0) is 23.3. The predicted molar refractivity (Wildman–Crippen MR) is 126 cm³/mol. The number of rotatable bonds is 6. The first-order valence-electron chi connectivity index (χ1n) is 10.5. The van der Waals surface area contributed by atoms with E-state index in [2.05, 4.69) is 15.1 Å². The molecule has 2 aromatic heterocycles. The number of benzene rings is 1. The Balaban J connectivity index is 1.77. The molecule has 1 fully saturated rings. The molecule has 1 aromatic carbocycles. The van der Waals surface area contributed by atoms with Crippen LogP contribution >= 0.6 is 0 Å². The van der Waals surface area contributed by atoms with Crippen LogP contribution in [0, 0.1) is 5.41 Å². The molecule has 0 radical (unpaired) electrons. The summed E-state index contributed by atoms with van der Waals surface area (Å²) in [5, 5.41) is 7.91. The molecule has 1 aliphatic rings. The summed E-state index contributed by atoms with van der Waals surface area (Å²) in [6, 6.07) is 11.8. The van der Waals surface area contributed by atoms with Crippen LogP contribution in [0.5, 0.6) is 0 Å². The van der Waals surface area contributed by atoms with Gasteiger partial charge in [-0.15, -0.1) is 0 Å². The molecule has 1 aliphatic carbocycles. The van der Waals surface area contributed by atoms with E-state index in [1.807, 2.05) is 63.4 Å². The quantitative estimate of drug-likeness (QED) is 0.528. The Labute approximate surface area is 188 Å². The highest BCUT2D eigenvalue weighted by molar-refractivity contribution is 7.88. The van der Waals surface area contributed by atoms with Gasteiger partial charge in [0.25, 0.3) is 5.91 Å². The van der Waals surface area contributed by atoms with Crippen molar-refractivity contribution in [2.45, 2.75) is 45.2 Å². The summed E-state index contributed by atoms with van der Waals surface area (Å²) in [6.45, 7) is 6.00. The van der Waals surface area contributed by atoms with Crippen molar-refractivity contribution in [3.8, 4) is 11.1 Å². The molecule has 1 amide bonds. The molecule has 0 aliphatic heterocycles. The molecule has 9 heteroatoms. The fourth-order valence-electron chi connectivity index (χ4n) is 4.70. The lowest BCUT2D eigenvalue weighted by molar-refractivity contribution is 0.100. The number of hydrogen-bond acceptors (Lipinski definition) is 5. The number of sulfonamides is 1. The molecule has 2 atom stereocenters. The highest BCUT2D eigenvalue weighted by Crippen LogP contribution is 2.48. The van der Waals surface area contributed by atoms with Gasteiger partial charge >= 0.3 is 0 Å². The van der Waals surface area contributed by atoms with Gasteiger partial charge in [-0.1, -0.05) is 44.2 Å². The Morgan fingerprint density at radius 2 is 1.88 bits per heavy atom. The van der Waals surface area contributed by atoms with Crippen LogP contribution in [0.2, 0.25) is 0 Å². The fraction of sp³-hybridized carbons (Fsp3) is 0.391. The lowest BCUT2D eigenvalue weighted by Gasteiger charge is -2.42. The van der Waals surface area contributed by atoms with Crippen molar-refractivity contribution in [1.29, 1.82) is 0 Å². The van der Waals surface area contributed by atoms with Gasteiger partial charge in [-0.25, -0.2) is 17.7 Å². The van der Waals surface area contributed by atoms with Crippen molar-refractivity contribution in [3.05, 3.63) is 54.4 Å². The molecule has 8 nitrogen and oxygen atoms in total. The highest BCUT2D eigenvalue weighted by atomic mass is 32.2. The van der Waals surface area contributed by atoms with Crippen molar-refractivity contribution in [1.82, 2.24) is 14.3 Å². The maximum Gasteiger partial charge on any atom is 0.252 e. The van der Waals surface area contributed by atoms with Crippen molar-refractivity contribution < 1.29 is 13.2 Å². The summed E-state index contributed by atoms with van der Waals surface area (Å²) < 4.78 is 28.5. The number of hydrogen-bond donors (Lipinski definition) is 3. The Morgan fingerprint density at radius 3 is 2.50 bits per heavy atom. The lowest BCUT2D eigenvalue weighted by Crippen LogP contribution is -2.56. The average molecular weight is 456 g/mol. The van der Waals surface area contributed by atoms with Crippen molar-refractivity contribution in [3.63, 3.8) is 0 Å². The number of primary amides is 1. The molecule has 2 unspecified atom stereocenters. The molecule has 2 heterocycles. The first kappa shape index (κ1) is 22.3. The topological polar surface area (TPSA) is 119 Å². The van der Waals surface area contributed by atoms with Gasteiger partial charge in [0, 0.05) is 28.8 Å². The summed E-state index contributed by atoms with van der Waals surface area (Å²) >= 11 is 0. The maximum atomic E-state index is 12.2. The van der Waals surface area contributed by atoms with Gasteiger partial charge in [0.15, 0.2) is 0 Å². The van der Waals surface area contributed by atoms with Crippen LogP contribution < -0.4 is 15.8 Å². The number of carbonyl (C=O) groups is 1. The number of nitrogens with zero attached hydrogens (tertiary/aromatic N) is 2. The summed E-state index contributed by atoms with van der Waals surface area (Å²) in [5.74, 6) is -0.571. The van der Waals surface area contributed by atoms with Crippen LogP contribution in [-0.2, 0) is 10.0 Å². The summed E-state index contributed by atoms with van der Waals surface area (Å²) in [7, 11) is -3.38. The number of amides is 1. The third kappa shape index (κ3) is 3.86. The monoisotopic (exact) mass is 455 g/mol. The molecule has 4 N–H and O–H groups in total. The normalized spacial score (nSPS) is 22.8. The van der Waals surface area contributed by atoms with E-state index in [0.717, 1.165) is 23.1 Å². The van der Waals surface area contributed by atoms with E-state index < -0.39 is 26.9 Å². The van der Waals surface area contributed by atoms with Gasteiger partial charge in [-0.05, 0) is 31.4 Å². The number of anilines is 1. The Bertz CT molecular complexity index is 1280. The van der Waals surface area contributed by atoms with Gasteiger partial charge < -0.3 is 11.1 Å². The van der Waals surface area contributed by atoms with E-state index >= 15 is 0 Å². The minimum atomic E-state index is -3.38. The van der Waals surface area contributed by atoms with Crippen LogP contribution in [0.1, 0.15) is 44.0 Å². The third-order valence-electron chi connectivity index (χ3n) is 6.97. The molecule has 3 aromatic rings. The van der Waals surface area contributed by atoms with Crippen LogP contribution in [0.25, 0.3) is 16.6 Å². The van der Waals surface area contributed by atoms with Crippen molar-refractivity contribution in [2.75, 3.05) is 11.6 Å². The maximum absolute atomic E-state index is 12.2. The molecule has 0 saturated heterocycles. The van der Waals surface area contributed by atoms with E-state index in [1.54, 1.807) is 4.52 Å². The van der Waals surface area contributed by atoms with Gasteiger partial charge in [-0.2, -0.15) is 5.10 Å². The molecular formula is C23H29N5O3S. The second kappa shape index (κ2) is 7.60. The van der Waals surface area contributed by atoms with E-state index in [0.29, 0.717) is 17.7 Å². The average Bonchev–Trinajstić information content (AvgIpc) is 3.22. The standard InChI is InChI=1S/C23H29N5O3S/c1-22(2)19(10-11-23(22,3)27-32(4,30)31)26-20-17(21(24)29)13-25-28-14-16(12-18(20)28)15-8-6-5-7-9-15/h5-9,12-14,19,26-27H,10-11H2,1-4H3,(H2,24,29). The highest BCUT2D eigenvalue weighted by Gasteiger charge is 2.53. The smallest absolute Gasteiger partial charge is 0.252 e. The van der Waals surface area contributed by atoms with Crippen LogP contribution in [-0.4, -0.2) is 41.8 Å². The van der Waals surface area contributed by atoms with Gasteiger partial charge in [-0.3, -0.25) is 4.79 Å². The third-order valence-corrected chi connectivity index (χ3v) is 7.79. The van der Waals surface area contributed by atoms with Crippen LogP contribution in [0.15, 0.2) is 48.8 Å².